The van der Waals surface area contributed by atoms with Crippen LogP contribution in [0.2, 0.25) is 5.02 Å². The molecule has 0 saturated heterocycles. The second-order valence-electron chi connectivity index (χ2n) is 5.16. The van der Waals surface area contributed by atoms with Gasteiger partial charge in [-0.3, -0.25) is 0 Å². The highest BCUT2D eigenvalue weighted by Gasteiger charge is 2.13. The van der Waals surface area contributed by atoms with Crippen LogP contribution in [-0.4, -0.2) is 17.7 Å². The maximum atomic E-state index is 11.0. The molecule has 0 spiro atoms. The third-order valence-corrected chi connectivity index (χ3v) is 2.33. The second kappa shape index (κ2) is 5.52. The van der Waals surface area contributed by atoms with E-state index >= 15 is 0 Å². The van der Waals surface area contributed by atoms with Crippen molar-refractivity contribution in [2.75, 3.05) is 6.61 Å². The van der Waals surface area contributed by atoms with Gasteiger partial charge in [-0.05, 0) is 23.1 Å². The largest absolute Gasteiger partial charge is 0.478 e. The summed E-state index contributed by atoms with van der Waals surface area (Å²) >= 11 is 5.76. The number of benzene rings is 1. The summed E-state index contributed by atoms with van der Waals surface area (Å²) in [6.07, 6.45) is 0. The maximum absolute atomic E-state index is 11.0. The predicted molar refractivity (Wildman–Crippen MR) is 67.5 cm³/mol. The Morgan fingerprint density at radius 1 is 1.41 bits per heavy atom. The Balaban J connectivity index is 2.74. The van der Waals surface area contributed by atoms with Gasteiger partial charge in [0.2, 0.25) is 0 Å². The quantitative estimate of drug-likeness (QED) is 0.895. The van der Waals surface area contributed by atoms with Crippen molar-refractivity contribution in [2.24, 2.45) is 5.41 Å². The number of carbonyl (C=O) groups is 1. The molecule has 0 unspecified atom stereocenters. The highest BCUT2D eigenvalue weighted by molar-refractivity contribution is 6.30. The standard InChI is InChI=1S/C13H17ClO3/c1-13(2,3)8-17-7-9-4-5-10(14)6-11(9)12(15)16/h4-6H,7-8H2,1-3H3,(H,15,16). The summed E-state index contributed by atoms with van der Waals surface area (Å²) in [5.41, 5.74) is 0.910. The Morgan fingerprint density at radius 3 is 2.59 bits per heavy atom. The average Bonchev–Trinajstić information content (AvgIpc) is 2.18. The van der Waals surface area contributed by atoms with Crippen molar-refractivity contribution in [3.05, 3.63) is 34.3 Å². The molecule has 94 valence electrons. The van der Waals surface area contributed by atoms with E-state index in [-0.39, 0.29) is 17.6 Å². The molecule has 17 heavy (non-hydrogen) atoms. The monoisotopic (exact) mass is 256 g/mol. The lowest BCUT2D eigenvalue weighted by Gasteiger charge is -2.18. The molecule has 0 saturated carbocycles. The van der Waals surface area contributed by atoms with Crippen LogP contribution in [0.4, 0.5) is 0 Å². The van der Waals surface area contributed by atoms with Crippen LogP contribution in [0, 0.1) is 5.41 Å². The van der Waals surface area contributed by atoms with E-state index in [2.05, 4.69) is 20.8 Å². The molecule has 4 heteroatoms. The van der Waals surface area contributed by atoms with E-state index in [1.54, 1.807) is 12.1 Å². The molecule has 0 radical (unpaired) electrons. The van der Waals surface area contributed by atoms with Gasteiger partial charge in [-0.25, -0.2) is 4.79 Å². The van der Waals surface area contributed by atoms with Crippen molar-refractivity contribution in [1.82, 2.24) is 0 Å². The van der Waals surface area contributed by atoms with Gasteiger partial charge in [-0.2, -0.15) is 0 Å². The van der Waals surface area contributed by atoms with Gasteiger partial charge >= 0.3 is 5.97 Å². The summed E-state index contributed by atoms with van der Waals surface area (Å²) < 4.78 is 5.51. The lowest BCUT2D eigenvalue weighted by molar-refractivity contribution is 0.0571. The molecule has 1 N–H and O–H groups in total. The van der Waals surface area contributed by atoms with Crippen LogP contribution in [0.1, 0.15) is 36.7 Å². The van der Waals surface area contributed by atoms with Crippen LogP contribution in [0.3, 0.4) is 0 Å². The zero-order chi connectivity index (χ0) is 13.1. The minimum absolute atomic E-state index is 0.0653. The van der Waals surface area contributed by atoms with E-state index in [1.165, 1.54) is 6.07 Å². The minimum Gasteiger partial charge on any atom is -0.478 e. The summed E-state index contributed by atoms with van der Waals surface area (Å²) in [5.74, 6) is -0.984. The molecule has 3 nitrogen and oxygen atoms in total. The number of carboxylic acids is 1. The first-order valence-corrected chi connectivity index (χ1v) is 5.77. The van der Waals surface area contributed by atoms with Gasteiger partial charge in [0.05, 0.1) is 18.8 Å². The Labute approximate surface area is 106 Å². The number of ether oxygens (including phenoxy) is 1. The third kappa shape index (κ3) is 4.75. The van der Waals surface area contributed by atoms with E-state index in [0.29, 0.717) is 17.2 Å². The molecule has 0 bridgehead atoms. The SMILES string of the molecule is CC(C)(C)COCc1ccc(Cl)cc1C(=O)O. The average molecular weight is 257 g/mol. The number of hydrogen-bond donors (Lipinski definition) is 1. The maximum Gasteiger partial charge on any atom is 0.336 e. The summed E-state index contributed by atoms with van der Waals surface area (Å²) in [6.45, 7) is 7.05. The minimum atomic E-state index is -0.984. The molecule has 0 aromatic heterocycles. The summed E-state index contributed by atoms with van der Waals surface area (Å²) in [6, 6.07) is 4.80. The molecular weight excluding hydrogens is 240 g/mol. The van der Waals surface area contributed by atoms with Gasteiger partial charge < -0.3 is 9.84 Å². The molecule has 0 aliphatic carbocycles. The van der Waals surface area contributed by atoms with E-state index in [9.17, 15) is 4.79 Å². The predicted octanol–water partition coefficient (Wildman–Crippen LogP) is 3.60. The zero-order valence-corrected chi connectivity index (χ0v) is 11.0. The molecule has 0 aliphatic heterocycles. The van der Waals surface area contributed by atoms with Crippen LogP contribution < -0.4 is 0 Å². The van der Waals surface area contributed by atoms with Crippen molar-refractivity contribution >= 4 is 17.6 Å². The van der Waals surface area contributed by atoms with Crippen molar-refractivity contribution in [3.63, 3.8) is 0 Å². The molecule has 0 fully saturated rings. The number of hydrogen-bond acceptors (Lipinski definition) is 2. The van der Waals surface area contributed by atoms with E-state index in [0.717, 1.165) is 0 Å². The van der Waals surface area contributed by atoms with Crippen LogP contribution >= 0.6 is 11.6 Å². The molecular formula is C13H17ClO3. The molecule has 0 heterocycles. The number of halogens is 1. The highest BCUT2D eigenvalue weighted by atomic mass is 35.5. The zero-order valence-electron chi connectivity index (χ0n) is 10.3. The van der Waals surface area contributed by atoms with Crippen LogP contribution in [-0.2, 0) is 11.3 Å². The Bertz CT molecular complexity index is 408. The Morgan fingerprint density at radius 2 is 2.06 bits per heavy atom. The fourth-order valence-corrected chi connectivity index (χ4v) is 1.51. The molecule has 0 atom stereocenters. The Hall–Kier alpha value is -1.06. The van der Waals surface area contributed by atoms with Crippen LogP contribution in [0.15, 0.2) is 18.2 Å². The molecule has 1 rings (SSSR count). The van der Waals surface area contributed by atoms with E-state index in [1.807, 2.05) is 0 Å². The molecule has 0 aliphatic rings. The lowest BCUT2D eigenvalue weighted by Crippen LogP contribution is -2.15. The van der Waals surface area contributed by atoms with Gasteiger partial charge in [0.1, 0.15) is 0 Å². The summed E-state index contributed by atoms with van der Waals surface area (Å²) in [5, 5.41) is 9.45. The second-order valence-corrected chi connectivity index (χ2v) is 5.60. The van der Waals surface area contributed by atoms with Gasteiger partial charge in [0.25, 0.3) is 0 Å². The van der Waals surface area contributed by atoms with Crippen molar-refractivity contribution in [2.45, 2.75) is 27.4 Å². The van der Waals surface area contributed by atoms with E-state index < -0.39 is 5.97 Å². The van der Waals surface area contributed by atoms with Crippen molar-refractivity contribution < 1.29 is 14.6 Å². The first kappa shape index (κ1) is 14.0. The first-order valence-electron chi connectivity index (χ1n) is 5.39. The summed E-state index contributed by atoms with van der Waals surface area (Å²) in [4.78, 5) is 11.0. The lowest BCUT2D eigenvalue weighted by atomic mass is 9.99. The fourth-order valence-electron chi connectivity index (χ4n) is 1.34. The topological polar surface area (TPSA) is 46.5 Å². The van der Waals surface area contributed by atoms with Gasteiger partial charge in [0.15, 0.2) is 0 Å². The van der Waals surface area contributed by atoms with E-state index in [4.69, 9.17) is 21.4 Å². The van der Waals surface area contributed by atoms with Crippen molar-refractivity contribution in [1.29, 1.82) is 0 Å². The summed E-state index contributed by atoms with van der Waals surface area (Å²) in [7, 11) is 0. The molecule has 0 amide bonds. The Kier molecular flexibility index (Phi) is 4.54. The number of aromatic carboxylic acids is 1. The van der Waals surface area contributed by atoms with Crippen LogP contribution in [0.5, 0.6) is 0 Å². The van der Waals surface area contributed by atoms with Crippen molar-refractivity contribution in [3.8, 4) is 0 Å². The van der Waals surface area contributed by atoms with Gasteiger partial charge in [-0.1, -0.05) is 38.4 Å². The molecule has 1 aromatic rings. The van der Waals surface area contributed by atoms with Crippen LogP contribution in [0.25, 0.3) is 0 Å². The first-order chi connectivity index (χ1) is 7.79. The number of carboxylic acid groups (broad SMARTS) is 1. The van der Waals surface area contributed by atoms with Gasteiger partial charge in [-0.15, -0.1) is 0 Å². The van der Waals surface area contributed by atoms with Gasteiger partial charge in [0, 0.05) is 5.02 Å². The number of rotatable bonds is 4. The third-order valence-electron chi connectivity index (χ3n) is 2.09. The normalized spacial score (nSPS) is 11.5. The fraction of sp³-hybridized carbons (Fsp3) is 0.462. The smallest absolute Gasteiger partial charge is 0.336 e. The molecule has 1 aromatic carbocycles. The highest BCUT2D eigenvalue weighted by Crippen LogP contribution is 2.19.